The van der Waals surface area contributed by atoms with Gasteiger partial charge in [-0.1, -0.05) is 13.0 Å². The molecule has 0 radical (unpaired) electrons. The number of nitro benzene ring substituents is 1. The number of nitrogens with zero attached hydrogens (tertiary/aromatic N) is 1. The van der Waals surface area contributed by atoms with Gasteiger partial charge in [-0.3, -0.25) is 14.9 Å². The van der Waals surface area contributed by atoms with Gasteiger partial charge in [0.1, 0.15) is 5.76 Å². The molecule has 1 heterocycles. The van der Waals surface area contributed by atoms with Gasteiger partial charge in [0, 0.05) is 12.1 Å². The lowest BCUT2D eigenvalue weighted by molar-refractivity contribution is -0.385. The molecule has 7 nitrogen and oxygen atoms in total. The Labute approximate surface area is 139 Å². The number of hydrogen-bond acceptors (Lipinski definition) is 5. The van der Waals surface area contributed by atoms with Gasteiger partial charge >= 0.3 is 5.69 Å². The van der Waals surface area contributed by atoms with Crippen LogP contribution in [0.3, 0.4) is 0 Å². The monoisotopic (exact) mass is 330 g/mol. The molecule has 0 aliphatic heterocycles. The Bertz CT molecular complexity index is 723. The summed E-state index contributed by atoms with van der Waals surface area (Å²) in [6, 6.07) is 8.06. The molecule has 2 aromatic rings. The van der Waals surface area contributed by atoms with E-state index in [1.165, 1.54) is 30.5 Å². The topological polar surface area (TPSA) is 94.6 Å². The molecule has 7 heteroatoms. The third kappa shape index (κ3) is 4.98. The first kappa shape index (κ1) is 17.3. The van der Waals surface area contributed by atoms with E-state index in [2.05, 4.69) is 5.32 Å². The van der Waals surface area contributed by atoms with Crippen LogP contribution in [0.2, 0.25) is 0 Å². The van der Waals surface area contributed by atoms with Crippen molar-refractivity contribution in [1.82, 2.24) is 5.32 Å². The molecule has 2 rings (SSSR count). The average molecular weight is 330 g/mol. The second-order valence-electron chi connectivity index (χ2n) is 4.96. The molecule has 24 heavy (non-hydrogen) atoms. The molecule has 0 unspecified atom stereocenters. The van der Waals surface area contributed by atoms with Gasteiger partial charge in [-0.2, -0.15) is 0 Å². The van der Waals surface area contributed by atoms with Gasteiger partial charge in [-0.15, -0.1) is 0 Å². The van der Waals surface area contributed by atoms with Crippen LogP contribution in [0.1, 0.15) is 24.7 Å². The Hall–Kier alpha value is -3.09. The molecule has 0 saturated carbocycles. The molecule has 0 aliphatic rings. The Morgan fingerprint density at radius 1 is 1.42 bits per heavy atom. The van der Waals surface area contributed by atoms with E-state index in [1.807, 2.05) is 6.92 Å². The highest BCUT2D eigenvalue weighted by Crippen LogP contribution is 2.28. The highest BCUT2D eigenvalue weighted by molar-refractivity contribution is 5.91. The molecule has 1 N–H and O–H groups in total. The summed E-state index contributed by atoms with van der Waals surface area (Å²) in [6.07, 6.45) is 5.11. The van der Waals surface area contributed by atoms with Crippen molar-refractivity contribution in [1.29, 1.82) is 0 Å². The molecule has 126 valence electrons. The fraction of sp³-hybridized carbons (Fsp3) is 0.235. The SMILES string of the molecule is CCCOc1ccc(/C=C/C(=O)NCc2ccco2)cc1[N+](=O)[O-]. The first-order chi connectivity index (χ1) is 11.6. The number of hydrogen-bond donors (Lipinski definition) is 1. The summed E-state index contributed by atoms with van der Waals surface area (Å²) in [5, 5.41) is 13.8. The van der Waals surface area contributed by atoms with Gasteiger partial charge in [0.15, 0.2) is 5.75 Å². The summed E-state index contributed by atoms with van der Waals surface area (Å²) in [5.74, 6) is 0.548. The molecular weight excluding hydrogens is 312 g/mol. The number of rotatable bonds is 8. The molecule has 1 amide bonds. The lowest BCUT2D eigenvalue weighted by Gasteiger charge is -2.05. The van der Waals surface area contributed by atoms with Crippen LogP contribution in [-0.2, 0) is 11.3 Å². The smallest absolute Gasteiger partial charge is 0.311 e. The molecule has 0 fully saturated rings. The summed E-state index contributed by atoms with van der Waals surface area (Å²) in [5.41, 5.74) is 0.417. The Kier molecular flexibility index (Phi) is 6.13. The van der Waals surface area contributed by atoms with Gasteiger partial charge in [0.05, 0.1) is 24.3 Å². The van der Waals surface area contributed by atoms with Crippen molar-refractivity contribution in [3.8, 4) is 5.75 Å². The van der Waals surface area contributed by atoms with Gasteiger partial charge < -0.3 is 14.5 Å². The number of ether oxygens (including phenoxy) is 1. The lowest BCUT2D eigenvalue weighted by atomic mass is 10.1. The fourth-order valence-electron chi connectivity index (χ4n) is 1.93. The minimum Gasteiger partial charge on any atom is -0.487 e. The summed E-state index contributed by atoms with van der Waals surface area (Å²) < 4.78 is 10.5. The van der Waals surface area contributed by atoms with Crippen LogP contribution in [0.15, 0.2) is 47.1 Å². The number of nitro groups is 1. The number of carbonyl (C=O) groups is 1. The molecule has 0 saturated heterocycles. The van der Waals surface area contributed by atoms with E-state index in [-0.39, 0.29) is 23.9 Å². The lowest BCUT2D eigenvalue weighted by Crippen LogP contribution is -2.19. The van der Waals surface area contributed by atoms with Gasteiger partial charge in [-0.25, -0.2) is 0 Å². The number of nitrogens with one attached hydrogen (secondary N) is 1. The highest BCUT2D eigenvalue weighted by atomic mass is 16.6. The summed E-state index contributed by atoms with van der Waals surface area (Å²) in [7, 11) is 0. The van der Waals surface area contributed by atoms with Crippen LogP contribution in [0, 0.1) is 10.1 Å². The molecule has 1 aromatic heterocycles. The molecular formula is C17H18N2O5. The zero-order chi connectivity index (χ0) is 17.4. The quantitative estimate of drug-likeness (QED) is 0.455. The van der Waals surface area contributed by atoms with Gasteiger partial charge in [0.2, 0.25) is 5.91 Å². The van der Waals surface area contributed by atoms with Gasteiger partial charge in [0.25, 0.3) is 0 Å². The van der Waals surface area contributed by atoms with Crippen LogP contribution < -0.4 is 10.1 Å². The van der Waals surface area contributed by atoms with E-state index in [4.69, 9.17) is 9.15 Å². The third-order valence-electron chi connectivity index (χ3n) is 3.09. The maximum Gasteiger partial charge on any atom is 0.311 e. The van der Waals surface area contributed by atoms with Crippen molar-refractivity contribution in [2.75, 3.05) is 6.61 Å². The zero-order valence-electron chi connectivity index (χ0n) is 13.2. The first-order valence-corrected chi connectivity index (χ1v) is 7.49. The molecule has 0 bridgehead atoms. The van der Waals surface area contributed by atoms with Crippen molar-refractivity contribution in [2.24, 2.45) is 0 Å². The van der Waals surface area contributed by atoms with Crippen LogP contribution >= 0.6 is 0 Å². The van der Waals surface area contributed by atoms with Crippen molar-refractivity contribution < 1.29 is 18.9 Å². The first-order valence-electron chi connectivity index (χ1n) is 7.49. The van der Waals surface area contributed by atoms with Crippen LogP contribution in [0.4, 0.5) is 5.69 Å². The predicted molar refractivity (Wildman–Crippen MR) is 88.5 cm³/mol. The van der Waals surface area contributed by atoms with E-state index < -0.39 is 4.92 Å². The molecule has 0 atom stereocenters. The van der Waals surface area contributed by atoms with E-state index in [0.717, 1.165) is 6.42 Å². The molecule has 0 spiro atoms. The normalized spacial score (nSPS) is 10.7. The molecule has 0 aliphatic carbocycles. The predicted octanol–water partition coefficient (Wildman–Crippen LogP) is 3.31. The average Bonchev–Trinajstić information content (AvgIpc) is 3.10. The summed E-state index contributed by atoms with van der Waals surface area (Å²) >= 11 is 0. The van der Waals surface area contributed by atoms with Crippen LogP contribution in [0.25, 0.3) is 6.08 Å². The number of benzene rings is 1. The number of furan rings is 1. The molecule has 1 aromatic carbocycles. The van der Waals surface area contributed by atoms with E-state index in [1.54, 1.807) is 18.2 Å². The van der Waals surface area contributed by atoms with Crippen molar-refractivity contribution >= 4 is 17.7 Å². The maximum absolute atomic E-state index is 11.7. The Balaban J connectivity index is 2.01. The van der Waals surface area contributed by atoms with Crippen molar-refractivity contribution in [3.05, 3.63) is 64.1 Å². The van der Waals surface area contributed by atoms with Gasteiger partial charge in [-0.05, 0) is 36.3 Å². The largest absolute Gasteiger partial charge is 0.487 e. The highest BCUT2D eigenvalue weighted by Gasteiger charge is 2.15. The number of carbonyl (C=O) groups excluding carboxylic acids is 1. The summed E-state index contributed by atoms with van der Waals surface area (Å²) in [4.78, 5) is 22.4. The number of amides is 1. The second-order valence-corrected chi connectivity index (χ2v) is 4.96. The summed E-state index contributed by atoms with van der Waals surface area (Å²) in [6.45, 7) is 2.61. The third-order valence-corrected chi connectivity index (χ3v) is 3.09. The standard InChI is InChI=1S/C17H18N2O5/c1-2-9-24-16-7-5-13(11-15(16)19(21)22)6-8-17(20)18-12-14-4-3-10-23-14/h3-8,10-11H,2,9,12H2,1H3,(H,18,20)/b8-6+. The zero-order valence-corrected chi connectivity index (χ0v) is 13.2. The van der Waals surface area contributed by atoms with Crippen LogP contribution in [-0.4, -0.2) is 17.4 Å². The van der Waals surface area contributed by atoms with Crippen LogP contribution in [0.5, 0.6) is 5.75 Å². The van der Waals surface area contributed by atoms with Crippen molar-refractivity contribution in [3.63, 3.8) is 0 Å². The van der Waals surface area contributed by atoms with Crippen molar-refractivity contribution in [2.45, 2.75) is 19.9 Å². The Morgan fingerprint density at radius 3 is 2.92 bits per heavy atom. The second kappa shape index (κ2) is 8.52. The fourth-order valence-corrected chi connectivity index (χ4v) is 1.93. The minimum atomic E-state index is -0.501. The minimum absolute atomic E-state index is 0.124. The maximum atomic E-state index is 11.7. The van der Waals surface area contributed by atoms with E-state index >= 15 is 0 Å². The van der Waals surface area contributed by atoms with E-state index in [9.17, 15) is 14.9 Å². The van der Waals surface area contributed by atoms with E-state index in [0.29, 0.717) is 17.9 Å². The Morgan fingerprint density at radius 2 is 2.25 bits per heavy atom.